The number of nitrogens with one attached hydrogen (secondary N) is 2. The smallest absolute Gasteiger partial charge is 0.408 e. The number of ether oxygens (including phenoxy) is 1. The van der Waals surface area contributed by atoms with Crippen molar-refractivity contribution in [2.24, 2.45) is 11.7 Å². The zero-order valence-corrected chi connectivity index (χ0v) is 16.2. The van der Waals surface area contributed by atoms with Crippen LogP contribution in [0.2, 0.25) is 0 Å². The van der Waals surface area contributed by atoms with Gasteiger partial charge in [0.1, 0.15) is 23.7 Å². The Kier molecular flexibility index (Phi) is 5.81. The van der Waals surface area contributed by atoms with Crippen molar-refractivity contribution in [3.63, 3.8) is 0 Å². The van der Waals surface area contributed by atoms with Gasteiger partial charge in [-0.3, -0.25) is 19.2 Å². The summed E-state index contributed by atoms with van der Waals surface area (Å²) in [5, 5.41) is 4.87. The van der Waals surface area contributed by atoms with Crippen LogP contribution in [0, 0.1) is 5.92 Å². The molecule has 0 aromatic heterocycles. The SMILES string of the molecule is C=C[C@@H]1C[C@]1(NC(=O)[C@@H]1CC(=O)CN1C(=O)CNC(=O)OC(C)(C)C)C(N)=O. The molecule has 3 atom stereocenters. The Labute approximate surface area is 162 Å². The second-order valence-electron chi connectivity index (χ2n) is 8.01. The molecule has 2 aliphatic rings. The molecule has 28 heavy (non-hydrogen) atoms. The van der Waals surface area contributed by atoms with Gasteiger partial charge < -0.3 is 26.0 Å². The van der Waals surface area contributed by atoms with Crippen LogP contribution in [0.1, 0.15) is 33.6 Å². The van der Waals surface area contributed by atoms with Crippen LogP contribution in [0.3, 0.4) is 0 Å². The molecule has 0 bridgehead atoms. The van der Waals surface area contributed by atoms with Gasteiger partial charge >= 0.3 is 6.09 Å². The molecule has 2 rings (SSSR count). The molecular weight excluding hydrogens is 368 g/mol. The van der Waals surface area contributed by atoms with Crippen LogP contribution in [-0.2, 0) is 23.9 Å². The summed E-state index contributed by atoms with van der Waals surface area (Å²) in [4.78, 5) is 61.4. The number of nitrogens with zero attached hydrogens (tertiary/aromatic N) is 1. The molecule has 10 nitrogen and oxygen atoms in total. The first kappa shape index (κ1) is 21.4. The van der Waals surface area contributed by atoms with Gasteiger partial charge in [0.2, 0.25) is 17.7 Å². The molecule has 0 aromatic carbocycles. The second kappa shape index (κ2) is 7.61. The Hall–Kier alpha value is -2.91. The van der Waals surface area contributed by atoms with E-state index in [1.807, 2.05) is 0 Å². The van der Waals surface area contributed by atoms with E-state index in [4.69, 9.17) is 10.5 Å². The summed E-state index contributed by atoms with van der Waals surface area (Å²) in [6.07, 6.45) is 0.898. The topological polar surface area (TPSA) is 148 Å². The van der Waals surface area contributed by atoms with Crippen LogP contribution in [-0.4, -0.2) is 64.8 Å². The third kappa shape index (κ3) is 4.68. The molecule has 0 radical (unpaired) electrons. The van der Waals surface area contributed by atoms with Crippen molar-refractivity contribution in [3.05, 3.63) is 12.7 Å². The van der Waals surface area contributed by atoms with E-state index in [0.717, 1.165) is 4.90 Å². The first-order valence-electron chi connectivity index (χ1n) is 8.92. The molecule has 1 aliphatic heterocycles. The molecule has 2 fully saturated rings. The first-order chi connectivity index (χ1) is 12.9. The molecule has 4 N–H and O–H groups in total. The van der Waals surface area contributed by atoms with Crippen molar-refractivity contribution in [3.8, 4) is 0 Å². The van der Waals surface area contributed by atoms with E-state index >= 15 is 0 Å². The predicted octanol–water partition coefficient (Wildman–Crippen LogP) is -0.773. The lowest BCUT2D eigenvalue weighted by molar-refractivity contribution is -0.139. The first-order valence-corrected chi connectivity index (χ1v) is 8.92. The van der Waals surface area contributed by atoms with Crippen molar-refractivity contribution < 1.29 is 28.7 Å². The molecule has 0 unspecified atom stereocenters. The van der Waals surface area contributed by atoms with Gasteiger partial charge in [0.05, 0.1) is 6.54 Å². The highest BCUT2D eigenvalue weighted by molar-refractivity contribution is 6.02. The van der Waals surface area contributed by atoms with Gasteiger partial charge in [-0.25, -0.2) is 4.79 Å². The quantitative estimate of drug-likeness (QED) is 0.504. The lowest BCUT2D eigenvalue weighted by Gasteiger charge is -2.26. The fourth-order valence-corrected chi connectivity index (χ4v) is 3.11. The molecule has 1 heterocycles. The predicted molar refractivity (Wildman–Crippen MR) is 97.7 cm³/mol. The largest absolute Gasteiger partial charge is 0.444 e. The van der Waals surface area contributed by atoms with Crippen LogP contribution < -0.4 is 16.4 Å². The van der Waals surface area contributed by atoms with Gasteiger partial charge in [0.15, 0.2) is 5.78 Å². The Morgan fingerprint density at radius 2 is 2.00 bits per heavy atom. The minimum atomic E-state index is -1.23. The highest BCUT2D eigenvalue weighted by Gasteiger charge is 2.59. The van der Waals surface area contributed by atoms with Crippen molar-refractivity contribution >= 4 is 29.6 Å². The van der Waals surface area contributed by atoms with E-state index in [0.29, 0.717) is 6.42 Å². The van der Waals surface area contributed by atoms with Crippen LogP contribution in [0.15, 0.2) is 12.7 Å². The third-order valence-corrected chi connectivity index (χ3v) is 4.63. The summed E-state index contributed by atoms with van der Waals surface area (Å²) < 4.78 is 5.04. The van der Waals surface area contributed by atoms with Gasteiger partial charge in [0.25, 0.3) is 0 Å². The standard InChI is InChI=1S/C18H26N4O6/c1-5-10-7-18(10,15(19)26)21-14(25)12-6-11(23)9-22(12)13(24)8-20-16(27)28-17(2,3)4/h5,10,12H,1,6-9H2,2-4H3,(H2,19,26)(H,20,27)(H,21,25)/t10-,12+,18-/m1/s1. The molecule has 1 saturated heterocycles. The molecule has 0 spiro atoms. The summed E-state index contributed by atoms with van der Waals surface area (Å²) in [7, 11) is 0. The minimum absolute atomic E-state index is 0.169. The van der Waals surface area contributed by atoms with E-state index in [9.17, 15) is 24.0 Å². The maximum Gasteiger partial charge on any atom is 0.408 e. The molecule has 10 heteroatoms. The van der Waals surface area contributed by atoms with Gasteiger partial charge in [0, 0.05) is 12.3 Å². The molecular formula is C18H26N4O6. The molecule has 0 aromatic rings. The highest BCUT2D eigenvalue weighted by Crippen LogP contribution is 2.44. The van der Waals surface area contributed by atoms with Crippen molar-refractivity contribution in [2.45, 2.75) is 50.8 Å². The molecule has 154 valence electrons. The average Bonchev–Trinajstić information content (AvgIpc) is 3.15. The van der Waals surface area contributed by atoms with Gasteiger partial charge in [-0.1, -0.05) is 6.08 Å². The zero-order chi connectivity index (χ0) is 21.3. The van der Waals surface area contributed by atoms with Crippen LogP contribution in [0.4, 0.5) is 4.79 Å². The maximum absolute atomic E-state index is 12.6. The summed E-state index contributed by atoms with van der Waals surface area (Å²) in [6.45, 7) is 7.95. The van der Waals surface area contributed by atoms with E-state index < -0.39 is 47.5 Å². The van der Waals surface area contributed by atoms with E-state index in [1.165, 1.54) is 6.08 Å². The summed E-state index contributed by atoms with van der Waals surface area (Å²) >= 11 is 0. The number of ketones is 1. The lowest BCUT2D eigenvalue weighted by atomic mass is 10.1. The Morgan fingerprint density at radius 3 is 2.50 bits per heavy atom. The van der Waals surface area contributed by atoms with Crippen molar-refractivity contribution in [1.29, 1.82) is 0 Å². The number of Topliss-reactive ketones (excluding diaryl/α,β-unsaturated/α-hetero) is 1. The number of carbonyl (C=O) groups is 5. The number of hydrogen-bond donors (Lipinski definition) is 3. The number of nitrogens with two attached hydrogens (primary N) is 1. The fraction of sp³-hybridized carbons (Fsp3) is 0.611. The Morgan fingerprint density at radius 1 is 1.36 bits per heavy atom. The van der Waals surface area contributed by atoms with Gasteiger partial charge in [-0.2, -0.15) is 0 Å². The number of primary amides is 1. The number of amides is 4. The molecule has 4 amide bonds. The Bertz CT molecular complexity index is 728. The number of alkyl carbamates (subject to hydrolysis) is 1. The van der Waals surface area contributed by atoms with Crippen LogP contribution in [0.25, 0.3) is 0 Å². The zero-order valence-electron chi connectivity index (χ0n) is 16.2. The van der Waals surface area contributed by atoms with Gasteiger partial charge in [-0.05, 0) is 27.2 Å². The van der Waals surface area contributed by atoms with E-state index in [1.54, 1.807) is 20.8 Å². The number of rotatable bonds is 6. The van der Waals surface area contributed by atoms with Crippen LogP contribution in [0.5, 0.6) is 0 Å². The minimum Gasteiger partial charge on any atom is -0.444 e. The molecule has 1 aliphatic carbocycles. The summed E-state index contributed by atoms with van der Waals surface area (Å²) in [5.74, 6) is -2.53. The number of carbonyl (C=O) groups excluding carboxylic acids is 5. The highest BCUT2D eigenvalue weighted by atomic mass is 16.6. The second-order valence-corrected chi connectivity index (χ2v) is 8.01. The average molecular weight is 394 g/mol. The fourth-order valence-electron chi connectivity index (χ4n) is 3.11. The third-order valence-electron chi connectivity index (χ3n) is 4.63. The number of hydrogen-bond acceptors (Lipinski definition) is 6. The lowest BCUT2D eigenvalue weighted by Crippen LogP contribution is -2.55. The van der Waals surface area contributed by atoms with Gasteiger partial charge in [-0.15, -0.1) is 6.58 Å². The van der Waals surface area contributed by atoms with E-state index in [2.05, 4.69) is 17.2 Å². The van der Waals surface area contributed by atoms with Crippen molar-refractivity contribution in [1.82, 2.24) is 15.5 Å². The normalized spacial score (nSPS) is 26.4. The number of likely N-dealkylation sites (tertiary alicyclic amines) is 1. The van der Waals surface area contributed by atoms with E-state index in [-0.39, 0.29) is 24.7 Å². The van der Waals surface area contributed by atoms with Crippen LogP contribution >= 0.6 is 0 Å². The molecule has 1 saturated carbocycles. The maximum atomic E-state index is 12.6. The Balaban J connectivity index is 2.00. The summed E-state index contributed by atoms with van der Waals surface area (Å²) in [5.41, 5.74) is 3.43. The van der Waals surface area contributed by atoms with Crippen molar-refractivity contribution in [2.75, 3.05) is 13.1 Å². The summed E-state index contributed by atoms with van der Waals surface area (Å²) in [6, 6.07) is -1.07. The monoisotopic (exact) mass is 394 g/mol.